The maximum Gasteiger partial charge on any atom is 0.142 e. The maximum absolute atomic E-state index is 5.49. The van der Waals surface area contributed by atoms with Crippen LogP contribution >= 0.6 is 0 Å². The molecule has 0 N–H and O–H groups in total. The second kappa shape index (κ2) is 6.35. The molecule has 0 atom stereocenters. The molecule has 0 spiro atoms. The van der Waals surface area contributed by atoms with Crippen molar-refractivity contribution < 1.29 is 4.74 Å². The molecule has 0 bridgehead atoms. The number of para-hydroxylation sites is 2. The zero-order valence-corrected chi connectivity index (χ0v) is 13.7. The fraction of sp³-hybridized carbons (Fsp3) is 0.263. The summed E-state index contributed by atoms with van der Waals surface area (Å²) < 4.78 is 5.49. The number of fused-ring (bicyclic) bond motifs is 1. The van der Waals surface area contributed by atoms with Crippen LogP contribution in [0.15, 0.2) is 54.7 Å². The highest BCUT2D eigenvalue weighted by Crippen LogP contribution is 2.30. The first-order valence-electron chi connectivity index (χ1n) is 8.20. The van der Waals surface area contributed by atoms with Crippen molar-refractivity contribution in [1.82, 2.24) is 10.2 Å². The first-order chi connectivity index (χ1) is 11.9. The number of hydrogen-bond donors (Lipinski definition) is 0. The molecule has 0 amide bonds. The molecule has 122 valence electrons. The third-order valence-corrected chi connectivity index (χ3v) is 4.57. The molecule has 5 heteroatoms. The summed E-state index contributed by atoms with van der Waals surface area (Å²) in [6.45, 7) is 3.81. The first-order valence-corrected chi connectivity index (χ1v) is 8.20. The van der Waals surface area contributed by atoms with Gasteiger partial charge in [0.05, 0.1) is 30.2 Å². The lowest BCUT2D eigenvalue weighted by atomic mass is 10.1. The van der Waals surface area contributed by atoms with E-state index in [0.717, 1.165) is 43.1 Å². The van der Waals surface area contributed by atoms with Gasteiger partial charge in [0, 0.05) is 31.6 Å². The van der Waals surface area contributed by atoms with Gasteiger partial charge in [0.2, 0.25) is 0 Å². The molecule has 5 nitrogen and oxygen atoms in total. The fourth-order valence-corrected chi connectivity index (χ4v) is 3.32. The van der Waals surface area contributed by atoms with Crippen LogP contribution in [0.5, 0.6) is 5.75 Å². The predicted molar refractivity (Wildman–Crippen MR) is 97.0 cm³/mol. The Morgan fingerprint density at radius 2 is 1.50 bits per heavy atom. The van der Waals surface area contributed by atoms with E-state index in [1.165, 1.54) is 11.1 Å². The summed E-state index contributed by atoms with van der Waals surface area (Å²) in [4.78, 5) is 4.77. The Bertz CT molecular complexity index is 838. The summed E-state index contributed by atoms with van der Waals surface area (Å²) in [7, 11) is 1.73. The van der Waals surface area contributed by atoms with E-state index in [9.17, 15) is 0 Å². The highest BCUT2D eigenvalue weighted by molar-refractivity contribution is 5.90. The summed E-state index contributed by atoms with van der Waals surface area (Å²) in [6.07, 6.45) is 1.88. The summed E-state index contributed by atoms with van der Waals surface area (Å²) in [5.41, 5.74) is 3.28. The molecule has 1 saturated heterocycles. The lowest BCUT2D eigenvalue weighted by Crippen LogP contribution is -2.46. The summed E-state index contributed by atoms with van der Waals surface area (Å²) in [5.74, 6) is 0.932. The van der Waals surface area contributed by atoms with Crippen molar-refractivity contribution in [3.8, 4) is 5.75 Å². The van der Waals surface area contributed by atoms with Gasteiger partial charge in [0.25, 0.3) is 0 Å². The summed E-state index contributed by atoms with van der Waals surface area (Å²) >= 11 is 0. The maximum atomic E-state index is 5.49. The Kier molecular flexibility index (Phi) is 3.91. The molecular weight excluding hydrogens is 300 g/mol. The Morgan fingerprint density at radius 3 is 2.29 bits per heavy atom. The smallest absolute Gasteiger partial charge is 0.142 e. The van der Waals surface area contributed by atoms with E-state index in [4.69, 9.17) is 4.74 Å². The van der Waals surface area contributed by atoms with E-state index in [1.807, 2.05) is 30.5 Å². The second-order valence-corrected chi connectivity index (χ2v) is 5.89. The predicted octanol–water partition coefficient (Wildman–Crippen LogP) is 2.97. The monoisotopic (exact) mass is 320 g/mol. The van der Waals surface area contributed by atoms with Gasteiger partial charge in [-0.2, -0.15) is 10.2 Å². The molecule has 0 saturated carbocycles. The van der Waals surface area contributed by atoms with Crippen LogP contribution < -0.4 is 14.5 Å². The largest absolute Gasteiger partial charge is 0.495 e. The number of piperazine rings is 1. The van der Waals surface area contributed by atoms with Crippen molar-refractivity contribution in [2.24, 2.45) is 0 Å². The lowest BCUT2D eigenvalue weighted by Gasteiger charge is -2.38. The molecule has 1 aromatic heterocycles. The molecule has 24 heavy (non-hydrogen) atoms. The number of aromatic nitrogens is 2. The van der Waals surface area contributed by atoms with Crippen molar-refractivity contribution >= 4 is 22.3 Å². The Labute approximate surface area is 141 Å². The third kappa shape index (κ3) is 2.62. The van der Waals surface area contributed by atoms with Crippen LogP contribution in [0.3, 0.4) is 0 Å². The van der Waals surface area contributed by atoms with Crippen LogP contribution in [0.4, 0.5) is 11.4 Å². The molecule has 0 aliphatic carbocycles. The zero-order chi connectivity index (χ0) is 16.4. The fourth-order valence-electron chi connectivity index (χ4n) is 3.32. The SMILES string of the molecule is COc1ccccc1N1CCN(c2cnnc3ccccc23)CC1. The third-order valence-electron chi connectivity index (χ3n) is 4.57. The number of ether oxygens (including phenoxy) is 1. The van der Waals surface area contributed by atoms with Crippen molar-refractivity contribution in [3.63, 3.8) is 0 Å². The van der Waals surface area contributed by atoms with Gasteiger partial charge < -0.3 is 14.5 Å². The average molecular weight is 320 g/mol. The standard InChI is InChI=1S/C19H20N4O/c1-24-19-9-5-4-8-17(19)22-10-12-23(13-11-22)18-14-20-21-16-7-3-2-6-15(16)18/h2-9,14H,10-13H2,1H3. The zero-order valence-electron chi connectivity index (χ0n) is 13.7. The minimum absolute atomic E-state index is 0.932. The average Bonchev–Trinajstić information content (AvgIpc) is 2.67. The van der Waals surface area contributed by atoms with Crippen LogP contribution in [0.2, 0.25) is 0 Å². The van der Waals surface area contributed by atoms with Crippen LogP contribution in [-0.2, 0) is 0 Å². The molecule has 2 heterocycles. The van der Waals surface area contributed by atoms with Crippen molar-refractivity contribution in [2.75, 3.05) is 43.1 Å². The number of methoxy groups -OCH3 is 1. The van der Waals surface area contributed by atoms with Crippen molar-refractivity contribution in [3.05, 3.63) is 54.7 Å². The second-order valence-electron chi connectivity index (χ2n) is 5.89. The lowest BCUT2D eigenvalue weighted by molar-refractivity contribution is 0.413. The van der Waals surface area contributed by atoms with Crippen LogP contribution in [0.25, 0.3) is 10.9 Å². The van der Waals surface area contributed by atoms with E-state index in [1.54, 1.807) is 7.11 Å². The Morgan fingerprint density at radius 1 is 0.833 bits per heavy atom. The minimum atomic E-state index is 0.932. The normalized spacial score (nSPS) is 14.9. The molecule has 4 rings (SSSR count). The molecule has 3 aromatic rings. The van der Waals surface area contributed by atoms with Crippen LogP contribution in [-0.4, -0.2) is 43.5 Å². The van der Waals surface area contributed by atoms with Gasteiger partial charge in [0.1, 0.15) is 5.75 Å². The van der Waals surface area contributed by atoms with Gasteiger partial charge in [-0.3, -0.25) is 0 Å². The van der Waals surface area contributed by atoms with Crippen LogP contribution in [0, 0.1) is 0 Å². The molecule has 1 fully saturated rings. The van der Waals surface area contributed by atoms with Gasteiger partial charge in [-0.25, -0.2) is 0 Å². The number of rotatable bonds is 3. The van der Waals surface area contributed by atoms with Gasteiger partial charge >= 0.3 is 0 Å². The molecular formula is C19H20N4O. The molecule has 1 aliphatic heterocycles. The van der Waals surface area contributed by atoms with E-state index < -0.39 is 0 Å². The number of hydrogen-bond acceptors (Lipinski definition) is 5. The highest BCUT2D eigenvalue weighted by atomic mass is 16.5. The molecule has 0 radical (unpaired) electrons. The topological polar surface area (TPSA) is 41.5 Å². The summed E-state index contributed by atoms with van der Waals surface area (Å²) in [5, 5.41) is 9.55. The van der Waals surface area contributed by atoms with E-state index >= 15 is 0 Å². The molecule has 1 aliphatic rings. The molecule has 0 unspecified atom stereocenters. The van der Waals surface area contributed by atoms with Crippen LogP contribution in [0.1, 0.15) is 0 Å². The van der Waals surface area contributed by atoms with E-state index in [0.29, 0.717) is 0 Å². The quantitative estimate of drug-likeness (QED) is 0.742. The minimum Gasteiger partial charge on any atom is -0.495 e. The van der Waals surface area contributed by atoms with Gasteiger partial charge in [-0.1, -0.05) is 30.3 Å². The number of nitrogens with zero attached hydrogens (tertiary/aromatic N) is 4. The van der Waals surface area contributed by atoms with Crippen molar-refractivity contribution in [1.29, 1.82) is 0 Å². The van der Waals surface area contributed by atoms with Gasteiger partial charge in [-0.05, 0) is 18.2 Å². The van der Waals surface area contributed by atoms with Gasteiger partial charge in [-0.15, -0.1) is 0 Å². The van der Waals surface area contributed by atoms with E-state index in [-0.39, 0.29) is 0 Å². The first kappa shape index (κ1) is 14.8. The number of anilines is 2. The summed E-state index contributed by atoms with van der Waals surface area (Å²) in [6, 6.07) is 16.4. The highest BCUT2D eigenvalue weighted by Gasteiger charge is 2.21. The Hall–Kier alpha value is -2.82. The van der Waals surface area contributed by atoms with E-state index in [2.05, 4.69) is 44.3 Å². The van der Waals surface area contributed by atoms with Gasteiger partial charge in [0.15, 0.2) is 0 Å². The van der Waals surface area contributed by atoms with Crippen molar-refractivity contribution in [2.45, 2.75) is 0 Å². The number of benzene rings is 2. The molecule has 2 aromatic carbocycles. The Balaban J connectivity index is 1.56.